The van der Waals surface area contributed by atoms with Gasteiger partial charge in [0.2, 0.25) is 0 Å². The van der Waals surface area contributed by atoms with Gasteiger partial charge in [0.25, 0.3) is 0 Å². The molecule has 0 atom stereocenters. The number of fused-ring (bicyclic) bond motifs is 1. The second kappa shape index (κ2) is 7.52. The van der Waals surface area contributed by atoms with Gasteiger partial charge in [0.15, 0.2) is 0 Å². The normalized spacial score (nSPS) is 11.1. The van der Waals surface area contributed by atoms with Crippen LogP contribution in [0.4, 0.5) is 0 Å². The van der Waals surface area contributed by atoms with E-state index >= 15 is 0 Å². The Labute approximate surface area is 167 Å². The number of ether oxygens (including phenoxy) is 1. The Hall–Kier alpha value is -3.05. The maximum Gasteiger partial charge on any atom is 0.341 e. The average molecular weight is 395 g/mol. The minimum Gasteiger partial charge on any atom is -0.472 e. The zero-order valence-corrected chi connectivity index (χ0v) is 16.4. The third kappa shape index (κ3) is 3.08. The quantitative estimate of drug-likeness (QED) is 0.410. The molecule has 0 saturated carbocycles. The second-order valence-electron chi connectivity index (χ2n) is 6.32. The fraction of sp³-hybridized carbons (Fsp3) is 0.182. The first-order chi connectivity index (χ1) is 13.6. The molecule has 0 amide bonds. The molecule has 3 heterocycles. The number of nitrogens with zero attached hydrogens (tertiary/aromatic N) is 2. The van der Waals surface area contributed by atoms with Crippen LogP contribution in [0.5, 0.6) is 0 Å². The molecule has 0 saturated heterocycles. The molecule has 4 aromatic rings. The second-order valence-corrected chi connectivity index (χ2v) is 6.75. The molecule has 6 heteroatoms. The van der Waals surface area contributed by atoms with Gasteiger partial charge in [0.05, 0.1) is 30.2 Å². The molecule has 0 fully saturated rings. The number of hydrogen-bond acceptors (Lipinski definition) is 4. The predicted octanol–water partition coefficient (Wildman–Crippen LogP) is 5.65. The first-order valence-corrected chi connectivity index (χ1v) is 9.52. The standard InChI is InChI=1S/C22H19ClN2O3/c1-3-17-8-9-18-19(14-6-5-7-16(23)12-14)20(22(26)28-4-2)21(24-25(17)18)15-10-11-27-13-15/h5-13H,3-4H2,1-2H3. The van der Waals surface area contributed by atoms with E-state index in [1.165, 1.54) is 0 Å². The van der Waals surface area contributed by atoms with E-state index in [1.807, 2.05) is 34.8 Å². The summed E-state index contributed by atoms with van der Waals surface area (Å²) in [5, 5.41) is 5.38. The van der Waals surface area contributed by atoms with Crippen molar-refractivity contribution in [1.29, 1.82) is 0 Å². The van der Waals surface area contributed by atoms with Gasteiger partial charge in [-0.15, -0.1) is 0 Å². The molecule has 0 aliphatic rings. The van der Waals surface area contributed by atoms with Crippen LogP contribution < -0.4 is 0 Å². The number of benzene rings is 1. The molecule has 0 aliphatic carbocycles. The molecule has 142 valence electrons. The summed E-state index contributed by atoms with van der Waals surface area (Å²) in [4.78, 5) is 13.0. The SMILES string of the molecule is CCOC(=O)c1c(-c2ccoc2)nn2c(CC)ccc2c1-c1cccc(Cl)c1. The number of aromatic nitrogens is 2. The summed E-state index contributed by atoms with van der Waals surface area (Å²) >= 11 is 6.26. The Balaban J connectivity index is 2.15. The van der Waals surface area contributed by atoms with Crippen LogP contribution in [-0.2, 0) is 11.2 Å². The van der Waals surface area contributed by atoms with Gasteiger partial charge in [-0.05, 0) is 49.2 Å². The van der Waals surface area contributed by atoms with Crippen LogP contribution in [0.25, 0.3) is 27.9 Å². The molecular formula is C22H19ClN2O3. The van der Waals surface area contributed by atoms with E-state index in [2.05, 4.69) is 6.92 Å². The Morgan fingerprint density at radius 1 is 1.18 bits per heavy atom. The summed E-state index contributed by atoms with van der Waals surface area (Å²) in [7, 11) is 0. The van der Waals surface area contributed by atoms with Crippen LogP contribution in [0.3, 0.4) is 0 Å². The summed E-state index contributed by atoms with van der Waals surface area (Å²) in [5.41, 5.74) is 5.07. The minimum atomic E-state index is -0.428. The number of furan rings is 1. The number of carbonyl (C=O) groups excluding carboxylic acids is 1. The first kappa shape index (κ1) is 18.3. The number of rotatable bonds is 5. The molecule has 28 heavy (non-hydrogen) atoms. The summed E-state index contributed by atoms with van der Waals surface area (Å²) < 4.78 is 12.5. The van der Waals surface area contributed by atoms with Crippen molar-refractivity contribution in [1.82, 2.24) is 9.61 Å². The van der Waals surface area contributed by atoms with E-state index in [0.29, 0.717) is 21.8 Å². The lowest BCUT2D eigenvalue weighted by Gasteiger charge is -2.16. The molecule has 1 aromatic carbocycles. The van der Waals surface area contributed by atoms with Crippen LogP contribution in [0.2, 0.25) is 5.02 Å². The maximum absolute atomic E-state index is 13.0. The number of carbonyl (C=O) groups is 1. The molecule has 0 spiro atoms. The highest BCUT2D eigenvalue weighted by atomic mass is 35.5. The third-order valence-electron chi connectivity index (χ3n) is 4.63. The highest BCUT2D eigenvalue weighted by Crippen LogP contribution is 2.37. The molecule has 0 radical (unpaired) electrons. The van der Waals surface area contributed by atoms with Crippen molar-refractivity contribution in [2.45, 2.75) is 20.3 Å². The predicted molar refractivity (Wildman–Crippen MR) is 109 cm³/mol. The summed E-state index contributed by atoms with van der Waals surface area (Å²) in [5.74, 6) is -0.428. The van der Waals surface area contributed by atoms with Crippen LogP contribution in [0, 0.1) is 0 Å². The van der Waals surface area contributed by atoms with Gasteiger partial charge >= 0.3 is 5.97 Å². The average Bonchev–Trinajstić information content (AvgIpc) is 3.36. The largest absolute Gasteiger partial charge is 0.472 e. The number of halogens is 1. The summed E-state index contributed by atoms with van der Waals surface area (Å²) in [6.45, 7) is 4.12. The molecule has 4 rings (SSSR count). The van der Waals surface area contributed by atoms with Crippen molar-refractivity contribution < 1.29 is 13.9 Å². The van der Waals surface area contributed by atoms with Gasteiger partial charge in [-0.3, -0.25) is 0 Å². The third-order valence-corrected chi connectivity index (χ3v) is 4.86. The van der Waals surface area contributed by atoms with Crippen molar-refractivity contribution in [3.05, 3.63) is 71.3 Å². The first-order valence-electron chi connectivity index (χ1n) is 9.14. The topological polar surface area (TPSA) is 56.7 Å². The molecule has 3 aromatic heterocycles. The van der Waals surface area contributed by atoms with Crippen molar-refractivity contribution in [2.75, 3.05) is 6.61 Å². The molecule has 0 unspecified atom stereocenters. The van der Waals surface area contributed by atoms with Crippen molar-refractivity contribution in [3.63, 3.8) is 0 Å². The van der Waals surface area contributed by atoms with E-state index in [4.69, 9.17) is 25.9 Å². The van der Waals surface area contributed by atoms with E-state index in [1.54, 1.807) is 31.6 Å². The number of aryl methyl sites for hydroxylation is 1. The fourth-order valence-corrected chi connectivity index (χ4v) is 3.57. The van der Waals surface area contributed by atoms with Crippen molar-refractivity contribution in [3.8, 4) is 22.4 Å². The summed E-state index contributed by atoms with van der Waals surface area (Å²) in [6, 6.07) is 13.2. The fourth-order valence-electron chi connectivity index (χ4n) is 3.38. The van der Waals surface area contributed by atoms with Crippen molar-refractivity contribution in [2.24, 2.45) is 0 Å². The minimum absolute atomic E-state index is 0.269. The maximum atomic E-state index is 13.0. The Kier molecular flexibility index (Phi) is 4.92. The van der Waals surface area contributed by atoms with Gasteiger partial charge in [-0.2, -0.15) is 5.10 Å². The monoisotopic (exact) mass is 394 g/mol. The molecular weight excluding hydrogens is 376 g/mol. The molecule has 0 N–H and O–H groups in total. The Morgan fingerprint density at radius 2 is 2.04 bits per heavy atom. The lowest BCUT2D eigenvalue weighted by Crippen LogP contribution is -2.13. The van der Waals surface area contributed by atoms with E-state index in [-0.39, 0.29) is 6.61 Å². The Bertz CT molecular complexity index is 1150. The summed E-state index contributed by atoms with van der Waals surface area (Å²) in [6.07, 6.45) is 3.94. The van der Waals surface area contributed by atoms with E-state index in [0.717, 1.165) is 28.8 Å². The highest BCUT2D eigenvalue weighted by Gasteiger charge is 2.26. The van der Waals surface area contributed by atoms with Crippen LogP contribution in [0.1, 0.15) is 29.9 Å². The number of hydrogen-bond donors (Lipinski definition) is 0. The van der Waals surface area contributed by atoms with Gasteiger partial charge < -0.3 is 9.15 Å². The van der Waals surface area contributed by atoms with Crippen LogP contribution >= 0.6 is 11.6 Å². The zero-order valence-electron chi connectivity index (χ0n) is 15.6. The smallest absolute Gasteiger partial charge is 0.341 e. The molecule has 0 aliphatic heterocycles. The molecule has 0 bridgehead atoms. The van der Waals surface area contributed by atoms with Crippen molar-refractivity contribution >= 4 is 23.1 Å². The van der Waals surface area contributed by atoms with Gasteiger partial charge in [-0.25, -0.2) is 9.31 Å². The Morgan fingerprint density at radius 3 is 2.71 bits per heavy atom. The number of esters is 1. The van der Waals surface area contributed by atoms with E-state index < -0.39 is 5.97 Å². The van der Waals surface area contributed by atoms with E-state index in [9.17, 15) is 4.79 Å². The van der Waals surface area contributed by atoms with Gasteiger partial charge in [-0.1, -0.05) is 30.7 Å². The lowest BCUT2D eigenvalue weighted by atomic mass is 9.96. The van der Waals surface area contributed by atoms with Gasteiger partial charge in [0, 0.05) is 21.8 Å². The lowest BCUT2D eigenvalue weighted by molar-refractivity contribution is 0.0527. The van der Waals surface area contributed by atoms with Crippen LogP contribution in [0.15, 0.2) is 59.4 Å². The molecule has 5 nitrogen and oxygen atoms in total. The zero-order chi connectivity index (χ0) is 19.7. The highest BCUT2D eigenvalue weighted by molar-refractivity contribution is 6.31. The van der Waals surface area contributed by atoms with Crippen LogP contribution in [-0.4, -0.2) is 22.2 Å². The van der Waals surface area contributed by atoms with Gasteiger partial charge in [0.1, 0.15) is 5.69 Å².